The molecule has 0 bridgehead atoms. The Kier molecular flexibility index (Phi) is 4.40. The van der Waals surface area contributed by atoms with Crippen LogP contribution in [0.4, 0.5) is 4.39 Å². The number of guanidine groups is 1. The maximum Gasteiger partial charge on any atom is 0.280 e. The number of benzene rings is 2. The van der Waals surface area contributed by atoms with E-state index in [0.29, 0.717) is 11.1 Å². The van der Waals surface area contributed by atoms with Gasteiger partial charge in [0, 0.05) is 11.1 Å². The van der Waals surface area contributed by atoms with Gasteiger partial charge in [0.25, 0.3) is 5.91 Å². The molecule has 0 heterocycles. The van der Waals surface area contributed by atoms with Gasteiger partial charge in [-0.05, 0) is 67.2 Å². The lowest BCUT2D eigenvalue weighted by molar-refractivity contribution is 0.100. The SMILES string of the molecule is CC1=C(c2ccc(C)cc2F)c2cc(C(=O)N=C(N)N)ccc2CC1. The zero-order valence-electron chi connectivity index (χ0n) is 14.3. The van der Waals surface area contributed by atoms with Crippen molar-refractivity contribution in [2.75, 3.05) is 0 Å². The minimum atomic E-state index is -0.505. The number of hydrogen-bond donors (Lipinski definition) is 2. The van der Waals surface area contributed by atoms with Crippen molar-refractivity contribution in [3.05, 3.63) is 75.6 Å². The van der Waals surface area contributed by atoms with Crippen molar-refractivity contribution in [2.24, 2.45) is 16.5 Å². The van der Waals surface area contributed by atoms with E-state index in [-0.39, 0.29) is 11.8 Å². The number of allylic oxidation sites excluding steroid dienone is 1. The van der Waals surface area contributed by atoms with Gasteiger partial charge in [0.2, 0.25) is 0 Å². The number of nitrogens with two attached hydrogens (primary N) is 2. The number of rotatable bonds is 2. The van der Waals surface area contributed by atoms with E-state index in [9.17, 15) is 9.18 Å². The van der Waals surface area contributed by atoms with Crippen LogP contribution >= 0.6 is 0 Å². The predicted molar refractivity (Wildman–Crippen MR) is 97.7 cm³/mol. The summed E-state index contributed by atoms with van der Waals surface area (Å²) in [5.41, 5.74) is 16.3. The van der Waals surface area contributed by atoms with Crippen LogP contribution < -0.4 is 11.5 Å². The van der Waals surface area contributed by atoms with Crippen molar-refractivity contribution in [1.82, 2.24) is 0 Å². The third kappa shape index (κ3) is 3.31. The fraction of sp³-hybridized carbons (Fsp3) is 0.200. The molecule has 0 spiro atoms. The van der Waals surface area contributed by atoms with E-state index in [4.69, 9.17) is 11.5 Å². The Morgan fingerprint density at radius 1 is 1.04 bits per heavy atom. The molecule has 5 heteroatoms. The molecule has 0 saturated heterocycles. The van der Waals surface area contributed by atoms with Crippen molar-refractivity contribution in [2.45, 2.75) is 26.7 Å². The third-order valence-electron chi connectivity index (χ3n) is 4.45. The van der Waals surface area contributed by atoms with E-state index in [2.05, 4.69) is 4.99 Å². The smallest absolute Gasteiger partial charge is 0.280 e. The average Bonchev–Trinajstić information content (AvgIpc) is 2.54. The van der Waals surface area contributed by atoms with Gasteiger partial charge in [-0.2, -0.15) is 4.99 Å². The molecule has 2 aromatic rings. The molecule has 1 amide bonds. The van der Waals surface area contributed by atoms with Crippen LogP contribution in [0, 0.1) is 12.7 Å². The van der Waals surface area contributed by atoms with E-state index in [1.165, 1.54) is 6.07 Å². The summed E-state index contributed by atoms with van der Waals surface area (Å²) in [5.74, 6) is -1.04. The van der Waals surface area contributed by atoms with Crippen LogP contribution in [0.15, 0.2) is 47.0 Å². The van der Waals surface area contributed by atoms with Gasteiger partial charge in [0.05, 0.1) is 0 Å². The zero-order valence-corrected chi connectivity index (χ0v) is 14.3. The molecule has 4 N–H and O–H groups in total. The minimum Gasteiger partial charge on any atom is -0.370 e. The number of carbonyl (C=O) groups excluding carboxylic acids is 1. The standard InChI is InChI=1S/C20H20FN3O/c1-11-3-8-15(17(21)9-11)18-12(2)4-5-13-6-7-14(10-16(13)18)19(25)24-20(22)23/h3,6-10H,4-5H2,1-2H3,(H4,22,23,24,25). The van der Waals surface area contributed by atoms with Crippen LogP contribution in [0.3, 0.4) is 0 Å². The predicted octanol–water partition coefficient (Wildman–Crippen LogP) is 3.32. The minimum absolute atomic E-state index is 0.261. The number of aliphatic imine (C=N–C) groups is 1. The lowest BCUT2D eigenvalue weighted by atomic mass is 9.81. The number of halogens is 1. The van der Waals surface area contributed by atoms with Gasteiger partial charge in [-0.3, -0.25) is 4.79 Å². The fourth-order valence-corrected chi connectivity index (χ4v) is 3.22. The molecule has 0 radical (unpaired) electrons. The van der Waals surface area contributed by atoms with Gasteiger partial charge in [0.1, 0.15) is 5.82 Å². The third-order valence-corrected chi connectivity index (χ3v) is 4.45. The van der Waals surface area contributed by atoms with Crippen LogP contribution in [-0.2, 0) is 6.42 Å². The molecule has 2 aromatic carbocycles. The number of nitrogens with zero attached hydrogens (tertiary/aromatic N) is 1. The number of fused-ring (bicyclic) bond motifs is 1. The van der Waals surface area contributed by atoms with Crippen molar-refractivity contribution in [1.29, 1.82) is 0 Å². The molecule has 0 atom stereocenters. The van der Waals surface area contributed by atoms with Crippen molar-refractivity contribution < 1.29 is 9.18 Å². The van der Waals surface area contributed by atoms with Gasteiger partial charge in [-0.1, -0.05) is 23.8 Å². The van der Waals surface area contributed by atoms with Crippen LogP contribution in [0.25, 0.3) is 5.57 Å². The van der Waals surface area contributed by atoms with Crippen LogP contribution in [-0.4, -0.2) is 11.9 Å². The monoisotopic (exact) mass is 337 g/mol. The summed E-state index contributed by atoms with van der Waals surface area (Å²) in [6, 6.07) is 10.6. The van der Waals surface area contributed by atoms with Crippen molar-refractivity contribution >= 4 is 17.4 Å². The normalized spacial score (nSPS) is 13.4. The second-order valence-electron chi connectivity index (χ2n) is 6.35. The number of aryl methyl sites for hydroxylation is 2. The Balaban J connectivity index is 2.16. The lowest BCUT2D eigenvalue weighted by Gasteiger charge is -2.23. The molecule has 1 aliphatic carbocycles. The highest BCUT2D eigenvalue weighted by atomic mass is 19.1. The highest BCUT2D eigenvalue weighted by Gasteiger charge is 2.22. The van der Waals surface area contributed by atoms with Crippen LogP contribution in [0.5, 0.6) is 0 Å². The summed E-state index contributed by atoms with van der Waals surface area (Å²) in [5, 5.41) is 0. The largest absolute Gasteiger partial charge is 0.370 e. The first kappa shape index (κ1) is 16.9. The maximum absolute atomic E-state index is 14.6. The van der Waals surface area contributed by atoms with E-state index < -0.39 is 5.91 Å². The van der Waals surface area contributed by atoms with E-state index in [1.807, 2.05) is 26.0 Å². The fourth-order valence-electron chi connectivity index (χ4n) is 3.22. The van der Waals surface area contributed by atoms with Gasteiger partial charge in [-0.25, -0.2) is 4.39 Å². The van der Waals surface area contributed by atoms with Gasteiger partial charge in [0.15, 0.2) is 5.96 Å². The van der Waals surface area contributed by atoms with Gasteiger partial charge in [-0.15, -0.1) is 0 Å². The van der Waals surface area contributed by atoms with Gasteiger partial charge < -0.3 is 11.5 Å². The molecule has 1 aliphatic rings. The maximum atomic E-state index is 14.6. The number of carbonyl (C=O) groups is 1. The summed E-state index contributed by atoms with van der Waals surface area (Å²) in [6.07, 6.45) is 1.71. The van der Waals surface area contributed by atoms with Gasteiger partial charge >= 0.3 is 0 Å². The summed E-state index contributed by atoms with van der Waals surface area (Å²) in [4.78, 5) is 15.7. The summed E-state index contributed by atoms with van der Waals surface area (Å²) in [6.45, 7) is 3.86. The Morgan fingerprint density at radius 3 is 2.48 bits per heavy atom. The second-order valence-corrected chi connectivity index (χ2v) is 6.35. The summed E-state index contributed by atoms with van der Waals surface area (Å²) in [7, 11) is 0. The number of amides is 1. The quantitative estimate of drug-likeness (QED) is 0.651. The number of hydrogen-bond acceptors (Lipinski definition) is 1. The molecule has 0 aromatic heterocycles. The van der Waals surface area contributed by atoms with Crippen LogP contribution in [0.2, 0.25) is 0 Å². The molecule has 0 aliphatic heterocycles. The molecular weight excluding hydrogens is 317 g/mol. The van der Waals surface area contributed by atoms with Crippen LogP contribution in [0.1, 0.15) is 46.0 Å². The van der Waals surface area contributed by atoms with Crippen molar-refractivity contribution in [3.8, 4) is 0 Å². The summed E-state index contributed by atoms with van der Waals surface area (Å²) >= 11 is 0. The molecule has 3 rings (SSSR count). The first-order valence-corrected chi connectivity index (χ1v) is 8.10. The Labute approximate surface area is 146 Å². The molecule has 0 saturated carbocycles. The summed E-state index contributed by atoms with van der Waals surface area (Å²) < 4.78 is 14.6. The van der Waals surface area contributed by atoms with Crippen molar-refractivity contribution in [3.63, 3.8) is 0 Å². The zero-order chi connectivity index (χ0) is 18.1. The highest BCUT2D eigenvalue weighted by Crippen LogP contribution is 2.37. The first-order chi connectivity index (χ1) is 11.9. The van der Waals surface area contributed by atoms with E-state index >= 15 is 0 Å². The highest BCUT2D eigenvalue weighted by molar-refractivity contribution is 6.03. The average molecular weight is 337 g/mol. The lowest BCUT2D eigenvalue weighted by Crippen LogP contribution is -2.24. The van der Waals surface area contributed by atoms with E-state index in [0.717, 1.165) is 40.7 Å². The molecular formula is C20H20FN3O. The molecule has 25 heavy (non-hydrogen) atoms. The Hall–Kier alpha value is -2.95. The van der Waals surface area contributed by atoms with E-state index in [1.54, 1.807) is 18.2 Å². The molecule has 0 fully saturated rings. The Morgan fingerprint density at radius 2 is 1.80 bits per heavy atom. The molecule has 0 unspecified atom stereocenters. The topological polar surface area (TPSA) is 81.5 Å². The Bertz CT molecular complexity index is 925. The molecule has 128 valence electrons. The molecule has 4 nitrogen and oxygen atoms in total. The second kappa shape index (κ2) is 6.51. The first-order valence-electron chi connectivity index (χ1n) is 8.10.